The van der Waals surface area contributed by atoms with Gasteiger partial charge in [-0.2, -0.15) is 0 Å². The molecule has 2 atom stereocenters. The van der Waals surface area contributed by atoms with Gasteiger partial charge in [-0.25, -0.2) is 0 Å². The Morgan fingerprint density at radius 2 is 1.67 bits per heavy atom. The van der Waals surface area contributed by atoms with Crippen molar-refractivity contribution in [2.75, 3.05) is 13.3 Å². The molecule has 2 unspecified atom stereocenters. The molecule has 0 bridgehead atoms. The molecule has 0 heterocycles. The highest BCUT2D eigenvalue weighted by molar-refractivity contribution is 7.98. The number of hydrogen-bond donors (Lipinski definition) is 1. The van der Waals surface area contributed by atoms with Crippen molar-refractivity contribution in [3.63, 3.8) is 0 Å². The molecule has 1 N–H and O–H groups in total. The zero-order chi connectivity index (χ0) is 13.5. The highest BCUT2D eigenvalue weighted by Crippen LogP contribution is 2.26. The lowest BCUT2D eigenvalue weighted by atomic mass is 9.90. The Kier molecular flexibility index (Phi) is 6.80. The Balaban J connectivity index is 2.64. The topological polar surface area (TPSA) is 12.0 Å². The molecule has 0 fully saturated rings. The van der Waals surface area contributed by atoms with Crippen LogP contribution in [0.15, 0.2) is 29.2 Å². The van der Waals surface area contributed by atoms with Crippen molar-refractivity contribution in [1.82, 2.24) is 5.32 Å². The largest absolute Gasteiger partial charge is 0.313 e. The van der Waals surface area contributed by atoms with Crippen LogP contribution in [0.4, 0.5) is 0 Å². The Morgan fingerprint density at radius 3 is 2.11 bits per heavy atom. The monoisotopic (exact) mass is 265 g/mol. The van der Waals surface area contributed by atoms with E-state index in [0.29, 0.717) is 6.04 Å². The molecule has 2 heteroatoms. The van der Waals surface area contributed by atoms with Crippen LogP contribution in [0.1, 0.15) is 45.2 Å². The van der Waals surface area contributed by atoms with E-state index < -0.39 is 0 Å². The van der Waals surface area contributed by atoms with Crippen LogP contribution in [0.3, 0.4) is 0 Å². The number of hydrogen-bond acceptors (Lipinski definition) is 2. The predicted molar refractivity (Wildman–Crippen MR) is 83.3 cm³/mol. The van der Waals surface area contributed by atoms with Gasteiger partial charge in [0.2, 0.25) is 0 Å². The van der Waals surface area contributed by atoms with Gasteiger partial charge in [-0.05, 0) is 55.7 Å². The van der Waals surface area contributed by atoms with Crippen LogP contribution >= 0.6 is 11.8 Å². The van der Waals surface area contributed by atoms with Gasteiger partial charge in [0, 0.05) is 10.9 Å². The molecule has 1 nitrogen and oxygen atoms in total. The molecule has 0 saturated heterocycles. The average molecular weight is 265 g/mol. The Labute approximate surface area is 117 Å². The third-order valence-corrected chi connectivity index (χ3v) is 4.12. The molecule has 0 saturated carbocycles. The molecular formula is C16H27NS. The summed E-state index contributed by atoms with van der Waals surface area (Å²) >= 11 is 1.80. The lowest BCUT2D eigenvalue weighted by Crippen LogP contribution is -2.19. The van der Waals surface area contributed by atoms with E-state index in [1.807, 2.05) is 0 Å². The van der Waals surface area contributed by atoms with Gasteiger partial charge in [0.1, 0.15) is 0 Å². The molecule has 0 aliphatic rings. The van der Waals surface area contributed by atoms with Crippen molar-refractivity contribution < 1.29 is 0 Å². The molecule has 1 aromatic carbocycles. The van der Waals surface area contributed by atoms with Gasteiger partial charge in [0.05, 0.1) is 0 Å². The van der Waals surface area contributed by atoms with Crippen molar-refractivity contribution in [2.45, 2.75) is 44.6 Å². The Bertz CT molecular complexity index is 331. The minimum Gasteiger partial charge on any atom is -0.313 e. The van der Waals surface area contributed by atoms with Crippen LogP contribution in [-0.2, 0) is 0 Å². The fraction of sp³-hybridized carbons (Fsp3) is 0.625. The third-order valence-electron chi connectivity index (χ3n) is 3.38. The molecule has 102 valence electrons. The Hall–Kier alpha value is -0.470. The molecular weight excluding hydrogens is 238 g/mol. The first-order chi connectivity index (χ1) is 8.56. The van der Waals surface area contributed by atoms with E-state index in [9.17, 15) is 0 Å². The second kappa shape index (κ2) is 7.85. The van der Waals surface area contributed by atoms with Gasteiger partial charge in [-0.3, -0.25) is 0 Å². The van der Waals surface area contributed by atoms with E-state index in [1.54, 1.807) is 11.8 Å². The predicted octanol–water partition coefficient (Wildman–Crippen LogP) is 4.74. The van der Waals surface area contributed by atoms with Gasteiger partial charge >= 0.3 is 0 Å². The third kappa shape index (κ3) is 5.03. The summed E-state index contributed by atoms with van der Waals surface area (Å²) in [5.74, 6) is 1.55. The van der Waals surface area contributed by atoms with E-state index in [0.717, 1.165) is 11.8 Å². The molecule has 0 amide bonds. The highest BCUT2D eigenvalue weighted by atomic mass is 32.2. The van der Waals surface area contributed by atoms with Gasteiger partial charge in [-0.1, -0.05) is 32.9 Å². The highest BCUT2D eigenvalue weighted by Gasteiger charge is 2.14. The maximum Gasteiger partial charge on any atom is 0.0320 e. The molecule has 18 heavy (non-hydrogen) atoms. The van der Waals surface area contributed by atoms with Crippen molar-refractivity contribution in [1.29, 1.82) is 0 Å². The summed E-state index contributed by atoms with van der Waals surface area (Å²) in [4.78, 5) is 1.34. The summed E-state index contributed by atoms with van der Waals surface area (Å²) in [5, 5.41) is 3.45. The van der Waals surface area contributed by atoms with Crippen molar-refractivity contribution >= 4 is 11.8 Å². The SMILES string of the molecule is CNC(CC(C)CC(C)C)c1ccc(SC)cc1. The minimum absolute atomic E-state index is 0.481. The van der Waals surface area contributed by atoms with E-state index in [2.05, 4.69) is 63.7 Å². The summed E-state index contributed by atoms with van der Waals surface area (Å²) in [6.07, 6.45) is 4.64. The lowest BCUT2D eigenvalue weighted by molar-refractivity contribution is 0.366. The maximum absolute atomic E-state index is 3.45. The van der Waals surface area contributed by atoms with Crippen molar-refractivity contribution in [3.05, 3.63) is 29.8 Å². The fourth-order valence-electron chi connectivity index (χ4n) is 2.56. The van der Waals surface area contributed by atoms with Crippen molar-refractivity contribution in [2.24, 2.45) is 11.8 Å². The summed E-state index contributed by atoms with van der Waals surface area (Å²) in [6.45, 7) is 6.97. The first kappa shape index (κ1) is 15.6. The number of rotatable bonds is 7. The average Bonchev–Trinajstić information content (AvgIpc) is 2.35. The summed E-state index contributed by atoms with van der Waals surface area (Å²) in [5.41, 5.74) is 1.41. The smallest absolute Gasteiger partial charge is 0.0320 e. The van der Waals surface area contributed by atoms with E-state index >= 15 is 0 Å². The van der Waals surface area contributed by atoms with Crippen molar-refractivity contribution in [3.8, 4) is 0 Å². The quantitative estimate of drug-likeness (QED) is 0.715. The number of thioether (sulfide) groups is 1. The zero-order valence-electron chi connectivity index (χ0n) is 12.4. The normalized spacial score (nSPS) is 14.8. The Morgan fingerprint density at radius 1 is 1.06 bits per heavy atom. The van der Waals surface area contributed by atoms with Crippen LogP contribution in [0.25, 0.3) is 0 Å². The van der Waals surface area contributed by atoms with Crippen LogP contribution in [-0.4, -0.2) is 13.3 Å². The number of benzene rings is 1. The van der Waals surface area contributed by atoms with Gasteiger partial charge in [-0.15, -0.1) is 11.8 Å². The van der Waals surface area contributed by atoms with E-state index in [1.165, 1.54) is 23.3 Å². The van der Waals surface area contributed by atoms with Gasteiger partial charge in [0.25, 0.3) is 0 Å². The first-order valence-electron chi connectivity index (χ1n) is 6.88. The summed E-state index contributed by atoms with van der Waals surface area (Å²) in [7, 11) is 2.06. The van der Waals surface area contributed by atoms with Crippen LogP contribution in [0, 0.1) is 11.8 Å². The molecule has 0 spiro atoms. The molecule has 1 rings (SSSR count). The zero-order valence-corrected chi connectivity index (χ0v) is 13.2. The molecule has 0 aliphatic carbocycles. The van der Waals surface area contributed by atoms with Gasteiger partial charge < -0.3 is 5.32 Å². The van der Waals surface area contributed by atoms with Gasteiger partial charge in [0.15, 0.2) is 0 Å². The lowest BCUT2D eigenvalue weighted by Gasteiger charge is -2.22. The standard InChI is InChI=1S/C16H27NS/c1-12(2)10-13(3)11-16(17-4)14-6-8-15(18-5)9-7-14/h6-9,12-13,16-17H,10-11H2,1-5H3. The van der Waals surface area contributed by atoms with Crippen LogP contribution in [0.2, 0.25) is 0 Å². The second-order valence-corrected chi connectivity index (χ2v) is 6.46. The molecule has 1 aromatic rings. The van der Waals surface area contributed by atoms with E-state index in [4.69, 9.17) is 0 Å². The fourth-order valence-corrected chi connectivity index (χ4v) is 2.97. The molecule has 0 radical (unpaired) electrons. The maximum atomic E-state index is 3.45. The molecule has 0 aliphatic heterocycles. The molecule has 0 aromatic heterocycles. The van der Waals surface area contributed by atoms with Crippen LogP contribution < -0.4 is 5.32 Å². The minimum atomic E-state index is 0.481. The summed E-state index contributed by atoms with van der Waals surface area (Å²) < 4.78 is 0. The second-order valence-electron chi connectivity index (χ2n) is 5.58. The van der Waals surface area contributed by atoms with E-state index in [-0.39, 0.29) is 0 Å². The van der Waals surface area contributed by atoms with Crippen LogP contribution in [0.5, 0.6) is 0 Å². The number of nitrogens with one attached hydrogen (secondary N) is 1. The summed E-state index contributed by atoms with van der Waals surface area (Å²) in [6, 6.07) is 9.44. The first-order valence-corrected chi connectivity index (χ1v) is 8.10.